The van der Waals surface area contributed by atoms with E-state index in [1.165, 1.54) is 0 Å². The molecule has 0 aliphatic heterocycles. The lowest BCUT2D eigenvalue weighted by Gasteiger charge is -2.23. The predicted octanol–water partition coefficient (Wildman–Crippen LogP) is 0.0426. The zero-order chi connectivity index (χ0) is 17.3. The number of carbonyl (C=O) groups excluding carboxylic acids is 4. The van der Waals surface area contributed by atoms with E-state index in [2.05, 4.69) is 19.5 Å². The number of methoxy groups -OCH3 is 3. The molecule has 126 valence electrons. The predicted molar refractivity (Wildman–Crippen MR) is 75.5 cm³/mol. The van der Waals surface area contributed by atoms with E-state index in [0.717, 1.165) is 21.3 Å². The van der Waals surface area contributed by atoms with Gasteiger partial charge in [-0.25, -0.2) is 4.79 Å². The molecular formula is C14H23NO7. The number of amides is 1. The first-order valence-corrected chi connectivity index (χ1v) is 6.78. The Kier molecular flexibility index (Phi) is 8.81. The summed E-state index contributed by atoms with van der Waals surface area (Å²) in [5.74, 6) is -3.94. The van der Waals surface area contributed by atoms with Gasteiger partial charge in [-0.05, 0) is 5.92 Å². The molecule has 0 aromatic rings. The maximum absolute atomic E-state index is 11.9. The van der Waals surface area contributed by atoms with Gasteiger partial charge in [-0.3, -0.25) is 14.4 Å². The molecule has 8 heteroatoms. The van der Waals surface area contributed by atoms with Crippen LogP contribution in [0.4, 0.5) is 0 Å². The largest absolute Gasteiger partial charge is 0.469 e. The van der Waals surface area contributed by atoms with Gasteiger partial charge in [0.2, 0.25) is 5.91 Å². The normalized spacial score (nSPS) is 13.0. The first-order chi connectivity index (χ1) is 10.3. The highest BCUT2D eigenvalue weighted by atomic mass is 16.5. The molecule has 0 fully saturated rings. The minimum atomic E-state index is -1.32. The fourth-order valence-corrected chi connectivity index (χ4v) is 1.81. The third-order valence-corrected chi connectivity index (χ3v) is 2.89. The summed E-state index contributed by atoms with van der Waals surface area (Å²) in [5.41, 5.74) is 0. The van der Waals surface area contributed by atoms with Crippen molar-refractivity contribution in [3.63, 3.8) is 0 Å². The Morgan fingerprint density at radius 3 is 1.82 bits per heavy atom. The second kappa shape index (κ2) is 9.75. The van der Waals surface area contributed by atoms with Gasteiger partial charge in [-0.1, -0.05) is 13.8 Å². The topological polar surface area (TPSA) is 108 Å². The molecule has 2 atom stereocenters. The lowest BCUT2D eigenvalue weighted by Crippen LogP contribution is -2.50. The molecule has 0 radical (unpaired) electrons. The Bertz CT molecular complexity index is 419. The number of esters is 3. The molecule has 0 aromatic carbocycles. The van der Waals surface area contributed by atoms with E-state index in [9.17, 15) is 19.2 Å². The van der Waals surface area contributed by atoms with Crippen molar-refractivity contribution in [3.8, 4) is 0 Å². The molecule has 1 amide bonds. The van der Waals surface area contributed by atoms with Crippen molar-refractivity contribution in [1.29, 1.82) is 0 Å². The van der Waals surface area contributed by atoms with E-state index in [1.54, 1.807) is 0 Å². The molecule has 0 aromatic heterocycles. The van der Waals surface area contributed by atoms with Crippen LogP contribution >= 0.6 is 0 Å². The van der Waals surface area contributed by atoms with E-state index in [0.29, 0.717) is 0 Å². The average Bonchev–Trinajstić information content (AvgIpc) is 2.47. The standard InChI is InChI=1S/C14H23NO7/c1-8(2)6-10(16)15-12(14(19)22-5)9(13(18)21-4)7-11(17)20-3/h8-9,12H,6-7H2,1-5H3,(H,15,16)/t9-,12+/m1/s1. The third-order valence-electron chi connectivity index (χ3n) is 2.89. The van der Waals surface area contributed by atoms with Crippen LogP contribution in [-0.2, 0) is 33.4 Å². The molecule has 0 bridgehead atoms. The zero-order valence-electron chi connectivity index (χ0n) is 13.5. The van der Waals surface area contributed by atoms with Gasteiger partial charge < -0.3 is 19.5 Å². The summed E-state index contributed by atoms with van der Waals surface area (Å²) in [6.45, 7) is 3.66. The fourth-order valence-electron chi connectivity index (χ4n) is 1.81. The molecule has 0 saturated carbocycles. The molecule has 0 saturated heterocycles. The van der Waals surface area contributed by atoms with Crippen LogP contribution in [0.3, 0.4) is 0 Å². The summed E-state index contributed by atoms with van der Waals surface area (Å²) in [6.07, 6.45) is -0.246. The van der Waals surface area contributed by atoms with Crippen LogP contribution in [0.25, 0.3) is 0 Å². The summed E-state index contributed by atoms with van der Waals surface area (Å²) in [7, 11) is 3.40. The first-order valence-electron chi connectivity index (χ1n) is 6.78. The van der Waals surface area contributed by atoms with Gasteiger partial charge in [0.25, 0.3) is 0 Å². The summed E-state index contributed by atoms with van der Waals surface area (Å²) in [6, 6.07) is -1.32. The summed E-state index contributed by atoms with van der Waals surface area (Å²) in [4.78, 5) is 47.0. The van der Waals surface area contributed by atoms with Crippen LogP contribution in [0.2, 0.25) is 0 Å². The van der Waals surface area contributed by atoms with E-state index in [-0.39, 0.29) is 12.3 Å². The number of nitrogens with one attached hydrogen (secondary N) is 1. The molecule has 0 unspecified atom stereocenters. The van der Waals surface area contributed by atoms with E-state index in [4.69, 9.17) is 0 Å². The highest BCUT2D eigenvalue weighted by Gasteiger charge is 2.38. The second-order valence-corrected chi connectivity index (χ2v) is 5.08. The minimum absolute atomic E-state index is 0.0653. The molecule has 8 nitrogen and oxygen atoms in total. The Hall–Kier alpha value is -2.12. The second-order valence-electron chi connectivity index (χ2n) is 5.08. The monoisotopic (exact) mass is 317 g/mol. The van der Waals surface area contributed by atoms with Crippen molar-refractivity contribution >= 4 is 23.8 Å². The van der Waals surface area contributed by atoms with Crippen LogP contribution in [0.15, 0.2) is 0 Å². The smallest absolute Gasteiger partial charge is 0.329 e. The Morgan fingerprint density at radius 2 is 1.41 bits per heavy atom. The molecule has 0 aliphatic carbocycles. The molecule has 0 heterocycles. The molecule has 0 rings (SSSR count). The van der Waals surface area contributed by atoms with Gasteiger partial charge in [-0.2, -0.15) is 0 Å². The maximum Gasteiger partial charge on any atom is 0.329 e. The minimum Gasteiger partial charge on any atom is -0.469 e. The van der Waals surface area contributed by atoms with Crippen LogP contribution in [0.1, 0.15) is 26.7 Å². The van der Waals surface area contributed by atoms with Gasteiger partial charge in [0.05, 0.1) is 33.7 Å². The van der Waals surface area contributed by atoms with Crippen LogP contribution in [-0.4, -0.2) is 51.2 Å². The highest BCUT2D eigenvalue weighted by molar-refractivity contribution is 5.91. The van der Waals surface area contributed by atoms with Crippen molar-refractivity contribution in [1.82, 2.24) is 5.32 Å². The first kappa shape index (κ1) is 19.9. The van der Waals surface area contributed by atoms with Crippen molar-refractivity contribution in [2.24, 2.45) is 11.8 Å². The van der Waals surface area contributed by atoms with Crippen molar-refractivity contribution in [2.75, 3.05) is 21.3 Å². The molecule has 22 heavy (non-hydrogen) atoms. The third kappa shape index (κ3) is 6.55. The SMILES string of the molecule is COC(=O)C[C@@H](C(=O)OC)[C@H](NC(=O)CC(C)C)C(=O)OC. The summed E-state index contributed by atoms with van der Waals surface area (Å²) >= 11 is 0. The number of hydrogen-bond acceptors (Lipinski definition) is 7. The van der Waals surface area contributed by atoms with Gasteiger partial charge >= 0.3 is 17.9 Å². The van der Waals surface area contributed by atoms with Crippen LogP contribution in [0, 0.1) is 11.8 Å². The van der Waals surface area contributed by atoms with Crippen molar-refractivity contribution < 1.29 is 33.4 Å². The Labute approximate surface area is 129 Å². The highest BCUT2D eigenvalue weighted by Crippen LogP contribution is 2.15. The number of rotatable bonds is 8. The van der Waals surface area contributed by atoms with E-state index >= 15 is 0 Å². The van der Waals surface area contributed by atoms with Crippen molar-refractivity contribution in [2.45, 2.75) is 32.7 Å². The quantitative estimate of drug-likeness (QED) is 0.497. The average molecular weight is 317 g/mol. The lowest BCUT2D eigenvalue weighted by atomic mass is 9.95. The van der Waals surface area contributed by atoms with Gasteiger partial charge in [0.15, 0.2) is 0 Å². The number of hydrogen-bond donors (Lipinski definition) is 1. The number of carbonyl (C=O) groups is 4. The van der Waals surface area contributed by atoms with Crippen LogP contribution < -0.4 is 5.32 Å². The van der Waals surface area contributed by atoms with E-state index < -0.39 is 42.2 Å². The van der Waals surface area contributed by atoms with Gasteiger partial charge in [0.1, 0.15) is 6.04 Å². The van der Waals surface area contributed by atoms with E-state index in [1.807, 2.05) is 13.8 Å². The summed E-state index contributed by atoms with van der Waals surface area (Å²) < 4.78 is 13.7. The molecule has 0 spiro atoms. The summed E-state index contributed by atoms with van der Waals surface area (Å²) in [5, 5.41) is 2.42. The zero-order valence-corrected chi connectivity index (χ0v) is 13.5. The van der Waals surface area contributed by atoms with Crippen LogP contribution in [0.5, 0.6) is 0 Å². The van der Waals surface area contributed by atoms with Gasteiger partial charge in [-0.15, -0.1) is 0 Å². The molecule has 1 N–H and O–H groups in total. The molecule has 0 aliphatic rings. The van der Waals surface area contributed by atoms with Gasteiger partial charge in [0, 0.05) is 6.42 Å². The fraction of sp³-hybridized carbons (Fsp3) is 0.714. The maximum atomic E-state index is 11.9. The Morgan fingerprint density at radius 1 is 0.864 bits per heavy atom. The molecular weight excluding hydrogens is 294 g/mol. The Balaban J connectivity index is 5.29. The number of ether oxygens (including phenoxy) is 3. The lowest BCUT2D eigenvalue weighted by molar-refractivity contribution is -0.159. The van der Waals surface area contributed by atoms with Crippen molar-refractivity contribution in [3.05, 3.63) is 0 Å².